The van der Waals surface area contributed by atoms with Crippen LogP contribution in [0, 0.1) is 6.92 Å². The van der Waals surface area contributed by atoms with Crippen LogP contribution in [0.3, 0.4) is 0 Å². The zero-order valence-corrected chi connectivity index (χ0v) is 23.0. The molecule has 35 heavy (non-hydrogen) atoms. The Morgan fingerprint density at radius 3 is 2.57 bits per heavy atom. The van der Waals surface area contributed by atoms with E-state index in [4.69, 9.17) is 4.74 Å². The van der Waals surface area contributed by atoms with Gasteiger partial charge in [-0.1, -0.05) is 19.1 Å². The molecule has 1 amide bonds. The van der Waals surface area contributed by atoms with Crippen LogP contribution >= 0.6 is 11.3 Å². The summed E-state index contributed by atoms with van der Waals surface area (Å²) in [6.07, 6.45) is 8.26. The number of rotatable bonds is 11. The van der Waals surface area contributed by atoms with Gasteiger partial charge < -0.3 is 20.3 Å². The number of carbonyl (C=O) groups is 2. The molecule has 2 saturated heterocycles. The first kappa shape index (κ1) is 27.6. The third-order valence-corrected chi connectivity index (χ3v) is 8.66. The second-order valence-corrected chi connectivity index (χ2v) is 10.6. The monoisotopic (exact) mass is 501 g/mol. The molecule has 0 saturated carbocycles. The van der Waals surface area contributed by atoms with Gasteiger partial charge in [-0.15, -0.1) is 11.3 Å². The molecule has 1 atom stereocenters. The van der Waals surface area contributed by atoms with Gasteiger partial charge in [0.15, 0.2) is 5.78 Å². The lowest BCUT2D eigenvalue weighted by atomic mass is 9.98. The number of ketones is 1. The van der Waals surface area contributed by atoms with E-state index in [1.54, 1.807) is 11.3 Å². The summed E-state index contributed by atoms with van der Waals surface area (Å²) in [7, 11) is 0. The van der Waals surface area contributed by atoms with E-state index >= 15 is 0 Å². The highest BCUT2D eigenvalue weighted by molar-refractivity contribution is 7.16. The standard InChI is InChI=1S/C28H43N3O3S/c1-6-9-19(4)23(24(32)10-7-2)18-30-27(33)25-20(5)28(35-26(25)21-11-14-29-17-21)31(8-3)22-12-15-34-16-13-22/h6,9,21-22,29H,7-8,10-18H2,1-5H3,(H,30,33). The number of ether oxygens (including phenoxy) is 1. The fraction of sp³-hybridized carbons (Fsp3) is 0.643. The first-order valence-corrected chi connectivity index (χ1v) is 14.1. The first-order valence-electron chi connectivity index (χ1n) is 13.2. The van der Waals surface area contributed by atoms with Gasteiger partial charge in [0.1, 0.15) is 0 Å². The van der Waals surface area contributed by atoms with Crippen LogP contribution in [0.15, 0.2) is 23.3 Å². The lowest BCUT2D eigenvalue weighted by molar-refractivity contribution is -0.115. The molecule has 0 aromatic carbocycles. The number of Topliss-reactive ketones (excluding diaryl/α,β-unsaturated/α-hetero) is 1. The van der Waals surface area contributed by atoms with Gasteiger partial charge in [-0.2, -0.15) is 0 Å². The van der Waals surface area contributed by atoms with E-state index in [9.17, 15) is 9.59 Å². The maximum absolute atomic E-state index is 13.7. The predicted octanol–water partition coefficient (Wildman–Crippen LogP) is 5.13. The Labute approximate surface area is 215 Å². The number of amides is 1. The summed E-state index contributed by atoms with van der Waals surface area (Å²) in [6, 6.07) is 0.446. The summed E-state index contributed by atoms with van der Waals surface area (Å²) in [6.45, 7) is 14.9. The summed E-state index contributed by atoms with van der Waals surface area (Å²) in [5.41, 5.74) is 3.51. The number of allylic oxidation sites excluding steroid dienone is 3. The zero-order chi connectivity index (χ0) is 25.4. The normalized spacial score (nSPS) is 19.7. The van der Waals surface area contributed by atoms with E-state index in [-0.39, 0.29) is 18.2 Å². The second kappa shape index (κ2) is 13.4. The van der Waals surface area contributed by atoms with Gasteiger partial charge in [0.25, 0.3) is 5.91 Å². The summed E-state index contributed by atoms with van der Waals surface area (Å²) in [5, 5.41) is 7.81. The van der Waals surface area contributed by atoms with Crippen LogP contribution in [0.25, 0.3) is 0 Å². The van der Waals surface area contributed by atoms with Gasteiger partial charge in [0, 0.05) is 61.7 Å². The Morgan fingerprint density at radius 1 is 1.23 bits per heavy atom. The minimum atomic E-state index is -0.0648. The van der Waals surface area contributed by atoms with Crippen LogP contribution in [-0.4, -0.2) is 57.1 Å². The summed E-state index contributed by atoms with van der Waals surface area (Å²) >= 11 is 1.80. The van der Waals surface area contributed by atoms with Crippen molar-refractivity contribution in [3.05, 3.63) is 39.3 Å². The second-order valence-electron chi connectivity index (χ2n) is 9.61. The quantitative estimate of drug-likeness (QED) is 0.325. The highest BCUT2D eigenvalue weighted by Gasteiger charge is 2.32. The highest BCUT2D eigenvalue weighted by Crippen LogP contribution is 2.42. The van der Waals surface area contributed by atoms with Gasteiger partial charge in [-0.25, -0.2) is 0 Å². The van der Waals surface area contributed by atoms with Crippen LogP contribution in [0.1, 0.15) is 86.5 Å². The molecule has 2 aliphatic heterocycles. The minimum absolute atomic E-state index is 0.0648. The Balaban J connectivity index is 1.92. The topological polar surface area (TPSA) is 70.7 Å². The summed E-state index contributed by atoms with van der Waals surface area (Å²) in [5.74, 6) is 0.399. The van der Waals surface area contributed by atoms with Crippen molar-refractivity contribution in [3.8, 4) is 0 Å². The highest BCUT2D eigenvalue weighted by atomic mass is 32.1. The molecule has 3 heterocycles. The van der Waals surface area contributed by atoms with Crippen molar-refractivity contribution in [2.75, 3.05) is 44.3 Å². The average molecular weight is 502 g/mol. The van der Waals surface area contributed by atoms with E-state index in [0.29, 0.717) is 24.0 Å². The Morgan fingerprint density at radius 2 is 1.97 bits per heavy atom. The van der Waals surface area contributed by atoms with Crippen LogP contribution in [0.2, 0.25) is 0 Å². The van der Waals surface area contributed by atoms with Crippen molar-refractivity contribution in [2.45, 2.75) is 78.7 Å². The van der Waals surface area contributed by atoms with E-state index in [0.717, 1.165) is 75.2 Å². The number of nitrogens with zero attached hydrogens (tertiary/aromatic N) is 1. The molecule has 3 rings (SSSR count). The third-order valence-electron chi connectivity index (χ3n) is 7.17. The molecular weight excluding hydrogens is 458 g/mol. The molecule has 2 fully saturated rings. The molecular formula is C28H43N3O3S. The molecule has 0 spiro atoms. The summed E-state index contributed by atoms with van der Waals surface area (Å²) in [4.78, 5) is 30.2. The molecule has 6 nitrogen and oxygen atoms in total. The molecule has 7 heteroatoms. The van der Waals surface area contributed by atoms with Crippen LogP contribution in [0.4, 0.5) is 5.00 Å². The number of hydrogen-bond acceptors (Lipinski definition) is 6. The van der Waals surface area contributed by atoms with Crippen molar-refractivity contribution in [2.24, 2.45) is 0 Å². The maximum Gasteiger partial charge on any atom is 0.253 e. The van der Waals surface area contributed by atoms with Gasteiger partial charge >= 0.3 is 0 Å². The predicted molar refractivity (Wildman–Crippen MR) is 146 cm³/mol. The SMILES string of the molecule is CC=CC(C)=C(CNC(=O)c1c(C2CCNC2)sc(N(CC)C2CCOCC2)c1C)C(=O)CCC. The maximum atomic E-state index is 13.7. The van der Waals surface area contributed by atoms with E-state index in [2.05, 4.69) is 29.4 Å². The minimum Gasteiger partial charge on any atom is -0.381 e. The zero-order valence-electron chi connectivity index (χ0n) is 22.2. The van der Waals surface area contributed by atoms with Crippen LogP contribution in [0.5, 0.6) is 0 Å². The van der Waals surface area contributed by atoms with Crippen LogP contribution < -0.4 is 15.5 Å². The largest absolute Gasteiger partial charge is 0.381 e. The number of anilines is 1. The Kier molecular flexibility index (Phi) is 10.6. The van der Waals surface area contributed by atoms with Crippen molar-refractivity contribution in [1.82, 2.24) is 10.6 Å². The fourth-order valence-electron chi connectivity index (χ4n) is 5.25. The lowest BCUT2D eigenvalue weighted by Crippen LogP contribution is -2.39. The molecule has 0 radical (unpaired) electrons. The molecule has 1 unspecified atom stereocenters. The fourth-order valence-corrected chi connectivity index (χ4v) is 6.83. The molecule has 0 aliphatic carbocycles. The van der Waals surface area contributed by atoms with Crippen LogP contribution in [-0.2, 0) is 9.53 Å². The number of hydrogen-bond donors (Lipinski definition) is 2. The molecule has 1 aromatic rings. The molecule has 0 bridgehead atoms. The number of thiophene rings is 1. The van der Waals surface area contributed by atoms with E-state index in [1.807, 2.05) is 32.9 Å². The third kappa shape index (κ3) is 6.63. The molecule has 2 N–H and O–H groups in total. The van der Waals surface area contributed by atoms with Crippen molar-refractivity contribution in [1.29, 1.82) is 0 Å². The Hall–Kier alpha value is -1.96. The van der Waals surface area contributed by atoms with E-state index < -0.39 is 0 Å². The number of nitrogens with one attached hydrogen (secondary N) is 2. The number of carbonyl (C=O) groups excluding carboxylic acids is 2. The van der Waals surface area contributed by atoms with Gasteiger partial charge in [0.2, 0.25) is 0 Å². The van der Waals surface area contributed by atoms with Crippen molar-refractivity contribution < 1.29 is 14.3 Å². The smallest absolute Gasteiger partial charge is 0.253 e. The van der Waals surface area contributed by atoms with E-state index in [1.165, 1.54) is 9.88 Å². The molecule has 2 aliphatic rings. The molecule has 194 valence electrons. The van der Waals surface area contributed by atoms with Gasteiger partial charge in [0.05, 0.1) is 10.6 Å². The molecule has 1 aromatic heterocycles. The first-order chi connectivity index (χ1) is 16.9. The lowest BCUT2D eigenvalue weighted by Gasteiger charge is -2.35. The van der Waals surface area contributed by atoms with Gasteiger partial charge in [-0.05, 0) is 71.1 Å². The van der Waals surface area contributed by atoms with Crippen molar-refractivity contribution >= 4 is 28.0 Å². The average Bonchev–Trinajstić information content (AvgIpc) is 3.49. The summed E-state index contributed by atoms with van der Waals surface area (Å²) < 4.78 is 5.60. The van der Waals surface area contributed by atoms with Gasteiger partial charge in [-0.3, -0.25) is 9.59 Å². The Bertz CT molecular complexity index is 937. The van der Waals surface area contributed by atoms with Crippen molar-refractivity contribution in [3.63, 3.8) is 0 Å².